The van der Waals surface area contributed by atoms with E-state index in [4.69, 9.17) is 35.2 Å². The molecule has 1 atom stereocenters. The van der Waals surface area contributed by atoms with Crippen LogP contribution in [-0.4, -0.2) is 26.0 Å². The lowest BCUT2D eigenvalue weighted by atomic mass is 10.0. The van der Waals surface area contributed by atoms with Gasteiger partial charge in [-0.1, -0.05) is 35.2 Å². The Bertz CT molecular complexity index is 833. The number of hydrogen-bond donors (Lipinski definition) is 0. The van der Waals surface area contributed by atoms with Crippen LogP contribution in [0.15, 0.2) is 48.5 Å². The molecule has 0 saturated carbocycles. The first-order chi connectivity index (χ1) is 12.5. The molecule has 1 unspecified atom stereocenters. The van der Waals surface area contributed by atoms with Gasteiger partial charge in [-0.2, -0.15) is 0 Å². The summed E-state index contributed by atoms with van der Waals surface area (Å²) in [5.41, 5.74) is 0.837. The molecule has 0 aromatic heterocycles. The van der Waals surface area contributed by atoms with Crippen molar-refractivity contribution < 1.29 is 13.7 Å². The van der Waals surface area contributed by atoms with Crippen molar-refractivity contribution in [1.82, 2.24) is 4.53 Å². The molecule has 0 aliphatic carbocycles. The minimum Gasteiger partial charge on any atom is -0.262 e. The Kier molecular flexibility index (Phi) is 8.36. The molecule has 2 aromatic carbocycles. The van der Waals surface area contributed by atoms with Gasteiger partial charge in [0.25, 0.3) is 0 Å². The number of aryl methyl sites for hydroxylation is 1. The van der Waals surface area contributed by atoms with Crippen LogP contribution < -0.4 is 0 Å². The predicted octanol–water partition coefficient (Wildman–Crippen LogP) is 6.44. The highest BCUT2D eigenvalue weighted by molar-refractivity contribution is 6.31. The third-order valence-electron chi connectivity index (χ3n) is 4.27. The third kappa shape index (κ3) is 4.81. The van der Waals surface area contributed by atoms with Crippen LogP contribution in [0.2, 0.25) is 5.02 Å². The fraction of sp³-hybridized carbons (Fsp3) is 0.300. The molecular formula is C20H23Cl4N2O2+. The van der Waals surface area contributed by atoms with Gasteiger partial charge in [-0.05, 0) is 73.3 Å². The maximum atomic E-state index is 13.3. The number of benzene rings is 2. The summed E-state index contributed by atoms with van der Waals surface area (Å²) in [6.07, 6.45) is 0.852. The lowest BCUT2D eigenvalue weighted by molar-refractivity contribution is -0.871. The summed E-state index contributed by atoms with van der Waals surface area (Å²) < 4.78 is -0.206. The van der Waals surface area contributed by atoms with Gasteiger partial charge in [0.05, 0.1) is 17.3 Å². The Morgan fingerprint density at radius 1 is 0.964 bits per heavy atom. The van der Waals surface area contributed by atoms with Gasteiger partial charge in [0, 0.05) is 10.6 Å². The van der Waals surface area contributed by atoms with Gasteiger partial charge in [0.15, 0.2) is 0 Å². The Labute approximate surface area is 187 Å². The zero-order valence-electron chi connectivity index (χ0n) is 16.1. The highest BCUT2D eigenvalue weighted by Gasteiger charge is 2.56. The van der Waals surface area contributed by atoms with E-state index in [9.17, 15) is 9.59 Å². The molecule has 0 aliphatic heterocycles. The second kappa shape index (κ2) is 9.47. The number of rotatable bonds is 3. The van der Waals surface area contributed by atoms with Crippen LogP contribution >= 0.6 is 47.6 Å². The lowest BCUT2D eigenvalue weighted by Crippen LogP contribution is -2.64. The van der Waals surface area contributed by atoms with Gasteiger partial charge in [-0.15, -0.1) is 12.4 Å². The molecule has 0 saturated heterocycles. The van der Waals surface area contributed by atoms with E-state index in [0.29, 0.717) is 10.6 Å². The van der Waals surface area contributed by atoms with E-state index in [1.54, 1.807) is 45.0 Å². The van der Waals surface area contributed by atoms with Gasteiger partial charge in [0.2, 0.25) is 11.8 Å². The van der Waals surface area contributed by atoms with Crippen molar-refractivity contribution in [2.45, 2.75) is 39.7 Å². The molecule has 2 aromatic rings. The smallest absolute Gasteiger partial charge is 0.262 e. The topological polar surface area (TPSA) is 37.4 Å². The van der Waals surface area contributed by atoms with Crippen LogP contribution in [0, 0.1) is 0 Å². The number of halogens is 4. The second-order valence-electron chi connectivity index (χ2n) is 7.16. The molecule has 0 bridgehead atoms. The summed E-state index contributed by atoms with van der Waals surface area (Å²) >= 11 is 19.0. The lowest BCUT2D eigenvalue weighted by Gasteiger charge is -2.40. The van der Waals surface area contributed by atoms with Crippen molar-refractivity contribution >= 4 is 59.4 Å². The van der Waals surface area contributed by atoms with Crippen LogP contribution in [0.1, 0.15) is 54.0 Å². The molecule has 152 valence electrons. The van der Waals surface area contributed by atoms with Crippen molar-refractivity contribution in [3.8, 4) is 0 Å². The molecule has 4 nitrogen and oxygen atoms in total. The number of hydrogen-bond acceptors (Lipinski definition) is 2. The fourth-order valence-corrected chi connectivity index (χ4v) is 3.21. The largest absolute Gasteiger partial charge is 0.390 e. The number of nitrogens with zero attached hydrogens (tertiary/aromatic N) is 2. The zero-order chi connectivity index (χ0) is 20.4. The first-order valence-electron chi connectivity index (χ1n) is 8.51. The van der Waals surface area contributed by atoms with E-state index in [2.05, 4.69) is 0 Å². The number of carbonyl (C=O) groups excluding carboxylic acids is 2. The maximum Gasteiger partial charge on any atom is 0.390 e. The molecule has 0 aliphatic rings. The normalized spacial score (nSPS) is 13.2. The highest BCUT2D eigenvalue weighted by Crippen LogP contribution is 2.37. The van der Waals surface area contributed by atoms with Crippen molar-refractivity contribution in [2.75, 3.05) is 0 Å². The number of amides is 2. The quantitative estimate of drug-likeness (QED) is 0.386. The average Bonchev–Trinajstić information content (AvgIpc) is 2.65. The van der Waals surface area contributed by atoms with Crippen molar-refractivity contribution in [3.63, 3.8) is 0 Å². The summed E-state index contributed by atoms with van der Waals surface area (Å²) in [5, 5.41) is 0.488. The van der Waals surface area contributed by atoms with E-state index in [-0.39, 0.29) is 18.0 Å². The van der Waals surface area contributed by atoms with Crippen molar-refractivity contribution in [3.05, 3.63) is 70.2 Å². The summed E-state index contributed by atoms with van der Waals surface area (Å²) in [5.74, 6) is -1.10. The first-order valence-corrected chi connectivity index (χ1v) is 9.56. The van der Waals surface area contributed by atoms with Gasteiger partial charge in [-0.25, -0.2) is 4.79 Å². The molecule has 2 amide bonds. The van der Waals surface area contributed by atoms with Crippen LogP contribution in [0.3, 0.4) is 0 Å². The molecule has 0 N–H and O–H groups in total. The van der Waals surface area contributed by atoms with E-state index in [1.165, 1.54) is 12.1 Å². The standard InChI is InChI=1S/C20H22Cl3N2O2.ClH/c1-5-14-6-8-16(9-7-14)19(27)25(23,20(2,3)4)24(22)18(26)15-10-12-17(21)13-11-15;/h6-13H,5H2,1-4H3;1H/q+1;. The van der Waals surface area contributed by atoms with E-state index >= 15 is 0 Å². The maximum absolute atomic E-state index is 13.3. The van der Waals surface area contributed by atoms with Gasteiger partial charge in [0.1, 0.15) is 5.54 Å². The minimum atomic E-state index is -0.943. The van der Waals surface area contributed by atoms with E-state index in [1.807, 2.05) is 19.1 Å². The first kappa shape index (κ1) is 24.7. The monoisotopic (exact) mass is 463 g/mol. The van der Waals surface area contributed by atoms with Crippen molar-refractivity contribution in [2.24, 2.45) is 0 Å². The van der Waals surface area contributed by atoms with Crippen LogP contribution in [-0.2, 0) is 6.42 Å². The molecule has 0 fully saturated rings. The Balaban J connectivity index is 0.00000392. The predicted molar refractivity (Wildman–Crippen MR) is 117 cm³/mol. The Morgan fingerprint density at radius 3 is 1.86 bits per heavy atom. The SMILES string of the molecule is CCc1ccc(C(=O)[N+](Cl)(N(Cl)C(=O)c2ccc(Cl)cc2)C(C)(C)C)cc1.Cl. The summed E-state index contributed by atoms with van der Waals surface area (Å²) in [7, 11) is 0. The van der Waals surface area contributed by atoms with Crippen molar-refractivity contribution in [1.29, 1.82) is 0 Å². The molecule has 0 spiro atoms. The Morgan fingerprint density at radius 2 is 1.43 bits per heavy atom. The number of carbonyl (C=O) groups is 2. The summed E-state index contributed by atoms with van der Waals surface area (Å²) in [6.45, 7) is 7.24. The number of quaternary nitrogens is 1. The zero-order valence-corrected chi connectivity index (χ0v) is 19.2. The highest BCUT2D eigenvalue weighted by atomic mass is 35.5. The fourth-order valence-electron chi connectivity index (χ4n) is 2.53. The average molecular weight is 465 g/mol. The molecule has 0 heterocycles. The van der Waals surface area contributed by atoms with Gasteiger partial charge < -0.3 is 0 Å². The van der Waals surface area contributed by atoms with E-state index in [0.717, 1.165) is 16.5 Å². The third-order valence-corrected chi connectivity index (χ3v) is 5.79. The minimum absolute atomic E-state index is 0. The molecule has 2 rings (SSSR count). The molecule has 8 heteroatoms. The van der Waals surface area contributed by atoms with Gasteiger partial charge >= 0.3 is 11.8 Å². The van der Waals surface area contributed by atoms with Crippen LogP contribution in [0.4, 0.5) is 0 Å². The van der Waals surface area contributed by atoms with Crippen LogP contribution in [0.5, 0.6) is 0 Å². The summed E-state index contributed by atoms with van der Waals surface area (Å²) in [6, 6.07) is 13.3. The Hall–Kier alpha value is -1.30. The second-order valence-corrected chi connectivity index (χ2v) is 8.40. The van der Waals surface area contributed by atoms with Crippen LogP contribution in [0.25, 0.3) is 0 Å². The molecular weight excluding hydrogens is 442 g/mol. The van der Waals surface area contributed by atoms with Gasteiger partial charge in [-0.3, -0.25) is 4.79 Å². The molecule has 0 radical (unpaired) electrons. The van der Waals surface area contributed by atoms with E-state index < -0.39 is 21.5 Å². The molecule has 28 heavy (non-hydrogen) atoms. The summed E-state index contributed by atoms with van der Waals surface area (Å²) in [4.78, 5) is 26.2.